The summed E-state index contributed by atoms with van der Waals surface area (Å²) in [6.07, 6.45) is 7.74. The van der Waals surface area contributed by atoms with Crippen LogP contribution >= 0.6 is 11.6 Å². The first kappa shape index (κ1) is 11.9. The van der Waals surface area contributed by atoms with Crippen LogP contribution < -0.4 is 5.73 Å². The molecule has 2 aromatic rings. The monoisotopic (exact) mass is 260 g/mol. The molecule has 1 aliphatic carbocycles. The third kappa shape index (κ3) is 2.00. The molecule has 0 atom stereocenters. The van der Waals surface area contributed by atoms with Gasteiger partial charge in [0, 0.05) is 17.1 Å². The molecule has 2 nitrogen and oxygen atoms in total. The molecule has 18 heavy (non-hydrogen) atoms. The molecule has 0 bridgehead atoms. The smallest absolute Gasteiger partial charge is 0.0888 e. The van der Waals surface area contributed by atoms with Crippen molar-refractivity contribution in [3.63, 3.8) is 0 Å². The van der Waals surface area contributed by atoms with E-state index in [2.05, 4.69) is 11.1 Å². The molecule has 3 rings (SSSR count). The first-order valence-corrected chi connectivity index (χ1v) is 6.90. The highest BCUT2D eigenvalue weighted by Crippen LogP contribution is 2.35. The molecule has 1 fully saturated rings. The van der Waals surface area contributed by atoms with Crippen LogP contribution in [0.2, 0.25) is 5.02 Å². The maximum atomic E-state index is 6.54. The van der Waals surface area contributed by atoms with Gasteiger partial charge in [0.25, 0.3) is 0 Å². The highest BCUT2D eigenvalue weighted by atomic mass is 35.5. The number of aromatic nitrogens is 1. The predicted octanol–water partition coefficient (Wildman–Crippen LogP) is 4.01. The second-order valence-electron chi connectivity index (χ2n) is 5.25. The summed E-state index contributed by atoms with van der Waals surface area (Å²) in [6.45, 7) is 0. The Bertz CT molecular complexity index is 574. The summed E-state index contributed by atoms with van der Waals surface area (Å²) in [7, 11) is 0. The van der Waals surface area contributed by atoms with E-state index in [-0.39, 0.29) is 5.54 Å². The zero-order valence-corrected chi connectivity index (χ0v) is 11.1. The lowest BCUT2D eigenvalue weighted by molar-refractivity contribution is 0.302. The molecule has 0 spiro atoms. The van der Waals surface area contributed by atoms with E-state index in [9.17, 15) is 0 Å². The van der Waals surface area contributed by atoms with Crippen LogP contribution in [0.25, 0.3) is 10.9 Å². The highest BCUT2D eigenvalue weighted by molar-refractivity contribution is 6.35. The fraction of sp³-hybridized carbons (Fsp3) is 0.400. The van der Waals surface area contributed by atoms with Gasteiger partial charge in [-0.25, -0.2) is 0 Å². The van der Waals surface area contributed by atoms with Gasteiger partial charge in [0.15, 0.2) is 0 Å². The number of hydrogen-bond donors (Lipinski definition) is 1. The topological polar surface area (TPSA) is 38.9 Å². The van der Waals surface area contributed by atoms with E-state index >= 15 is 0 Å². The third-order valence-electron chi connectivity index (χ3n) is 3.98. The summed E-state index contributed by atoms with van der Waals surface area (Å²) in [5.41, 5.74) is 8.36. The van der Waals surface area contributed by atoms with Crippen molar-refractivity contribution in [1.82, 2.24) is 4.98 Å². The maximum absolute atomic E-state index is 6.54. The third-order valence-corrected chi connectivity index (χ3v) is 4.29. The van der Waals surface area contributed by atoms with E-state index in [0.717, 1.165) is 29.3 Å². The molecule has 1 aromatic heterocycles. The van der Waals surface area contributed by atoms with Gasteiger partial charge in [-0.05, 0) is 30.5 Å². The zero-order chi connectivity index (χ0) is 12.6. The quantitative estimate of drug-likeness (QED) is 0.842. The van der Waals surface area contributed by atoms with Crippen LogP contribution in [-0.4, -0.2) is 4.98 Å². The van der Waals surface area contributed by atoms with E-state index in [4.69, 9.17) is 17.3 Å². The second kappa shape index (κ2) is 4.52. The number of rotatable bonds is 1. The Morgan fingerprint density at radius 3 is 2.72 bits per heavy atom. The average molecular weight is 261 g/mol. The Morgan fingerprint density at radius 2 is 1.94 bits per heavy atom. The number of pyridine rings is 1. The largest absolute Gasteiger partial charge is 0.321 e. The van der Waals surface area contributed by atoms with E-state index in [1.807, 2.05) is 24.4 Å². The molecular weight excluding hydrogens is 244 g/mol. The van der Waals surface area contributed by atoms with Crippen molar-refractivity contribution >= 4 is 22.5 Å². The van der Waals surface area contributed by atoms with Crippen LogP contribution in [0.5, 0.6) is 0 Å². The molecule has 3 heteroatoms. The molecule has 1 aliphatic rings. The van der Waals surface area contributed by atoms with Crippen molar-refractivity contribution in [1.29, 1.82) is 0 Å². The Hall–Kier alpha value is -1.12. The molecule has 0 saturated heterocycles. The summed E-state index contributed by atoms with van der Waals surface area (Å²) in [5.74, 6) is 0. The summed E-state index contributed by atoms with van der Waals surface area (Å²) in [6, 6.07) is 8.03. The number of benzene rings is 1. The highest BCUT2D eigenvalue weighted by Gasteiger charge is 2.29. The molecule has 1 aromatic carbocycles. The van der Waals surface area contributed by atoms with Crippen molar-refractivity contribution in [3.05, 3.63) is 41.0 Å². The Labute approximate surface area is 112 Å². The van der Waals surface area contributed by atoms with Crippen LogP contribution in [0.4, 0.5) is 0 Å². The number of para-hydroxylation sites is 1. The zero-order valence-electron chi connectivity index (χ0n) is 10.3. The molecular formula is C15H17ClN2. The molecule has 0 radical (unpaired) electrons. The minimum Gasteiger partial charge on any atom is -0.321 e. The second-order valence-corrected chi connectivity index (χ2v) is 5.66. The van der Waals surface area contributed by atoms with Gasteiger partial charge in [0.2, 0.25) is 0 Å². The minimum atomic E-state index is -0.193. The van der Waals surface area contributed by atoms with Crippen molar-refractivity contribution in [3.8, 4) is 0 Å². The molecule has 0 aliphatic heterocycles. The van der Waals surface area contributed by atoms with Crippen molar-refractivity contribution in [2.75, 3.05) is 0 Å². The Morgan fingerprint density at radius 1 is 1.17 bits per heavy atom. The molecule has 94 valence electrons. The van der Waals surface area contributed by atoms with Crippen LogP contribution in [0.3, 0.4) is 0 Å². The van der Waals surface area contributed by atoms with E-state index in [0.29, 0.717) is 5.02 Å². The maximum Gasteiger partial charge on any atom is 0.0888 e. The number of hydrogen-bond acceptors (Lipinski definition) is 2. The van der Waals surface area contributed by atoms with Crippen molar-refractivity contribution in [2.45, 2.75) is 37.6 Å². The van der Waals surface area contributed by atoms with Gasteiger partial charge in [-0.2, -0.15) is 0 Å². The van der Waals surface area contributed by atoms with E-state index in [1.54, 1.807) is 0 Å². The summed E-state index contributed by atoms with van der Waals surface area (Å²) >= 11 is 6.14. The summed E-state index contributed by atoms with van der Waals surface area (Å²) in [5, 5.41) is 1.78. The lowest BCUT2D eigenvalue weighted by atomic mass is 9.78. The van der Waals surface area contributed by atoms with Gasteiger partial charge < -0.3 is 5.73 Å². The van der Waals surface area contributed by atoms with Crippen LogP contribution in [0, 0.1) is 0 Å². The molecule has 2 N–H and O–H groups in total. The molecule has 0 amide bonds. The van der Waals surface area contributed by atoms with Gasteiger partial charge in [0.05, 0.1) is 10.5 Å². The Kier molecular flexibility index (Phi) is 3.00. The van der Waals surface area contributed by atoms with Gasteiger partial charge >= 0.3 is 0 Å². The lowest BCUT2D eigenvalue weighted by Crippen LogP contribution is -2.38. The summed E-state index contributed by atoms with van der Waals surface area (Å²) < 4.78 is 0. The van der Waals surface area contributed by atoms with Crippen LogP contribution in [0.15, 0.2) is 30.5 Å². The predicted molar refractivity (Wildman–Crippen MR) is 75.7 cm³/mol. The average Bonchev–Trinajstić information content (AvgIpc) is 2.39. The van der Waals surface area contributed by atoms with Crippen LogP contribution in [0.1, 0.15) is 37.7 Å². The molecule has 0 unspecified atom stereocenters. The van der Waals surface area contributed by atoms with Crippen LogP contribution in [-0.2, 0) is 5.54 Å². The lowest BCUT2D eigenvalue weighted by Gasteiger charge is -2.33. The molecule has 1 saturated carbocycles. The van der Waals surface area contributed by atoms with Gasteiger partial charge in [0.1, 0.15) is 0 Å². The first-order valence-electron chi connectivity index (χ1n) is 6.53. The minimum absolute atomic E-state index is 0.193. The Balaban J connectivity index is 2.08. The van der Waals surface area contributed by atoms with E-state index in [1.165, 1.54) is 19.3 Å². The van der Waals surface area contributed by atoms with Crippen molar-refractivity contribution < 1.29 is 0 Å². The first-order chi connectivity index (χ1) is 8.69. The van der Waals surface area contributed by atoms with Gasteiger partial charge in [-0.1, -0.05) is 43.0 Å². The number of nitrogens with zero attached hydrogens (tertiary/aromatic N) is 1. The van der Waals surface area contributed by atoms with Gasteiger partial charge in [-0.15, -0.1) is 0 Å². The van der Waals surface area contributed by atoms with Gasteiger partial charge in [-0.3, -0.25) is 4.98 Å². The SMILES string of the molecule is NC1(c2cnc3c(Cl)cccc3c2)CCCCC1. The van der Waals surface area contributed by atoms with Crippen molar-refractivity contribution in [2.24, 2.45) is 5.73 Å². The fourth-order valence-electron chi connectivity index (χ4n) is 2.87. The molecule has 1 heterocycles. The fourth-order valence-corrected chi connectivity index (χ4v) is 3.10. The number of halogens is 1. The number of nitrogens with two attached hydrogens (primary N) is 1. The summed E-state index contributed by atoms with van der Waals surface area (Å²) in [4.78, 5) is 4.49. The number of fused-ring (bicyclic) bond motifs is 1. The normalized spacial score (nSPS) is 19.0. The van der Waals surface area contributed by atoms with E-state index < -0.39 is 0 Å². The standard InChI is InChI=1S/C15H17ClN2/c16-13-6-4-5-11-9-12(10-18-14(11)13)15(17)7-2-1-3-8-15/h4-6,9-10H,1-3,7-8,17H2.